The maximum Gasteiger partial charge on any atom is 0.303 e. The molecule has 2 aromatic heterocycles. The van der Waals surface area contributed by atoms with E-state index in [1.165, 1.54) is 26.1 Å². The Kier molecular flexibility index (Phi) is 8.88. The molecule has 49 heavy (non-hydrogen) atoms. The first kappa shape index (κ1) is 32.8. The van der Waals surface area contributed by atoms with Crippen LogP contribution in [0.5, 0.6) is 5.75 Å². The van der Waals surface area contributed by atoms with Gasteiger partial charge in [-0.3, -0.25) is 9.59 Å². The summed E-state index contributed by atoms with van der Waals surface area (Å²) < 4.78 is 36.0. The Morgan fingerprint density at radius 2 is 1.69 bits per heavy atom. The van der Waals surface area contributed by atoms with Crippen molar-refractivity contribution < 1.29 is 22.7 Å². The summed E-state index contributed by atoms with van der Waals surface area (Å²) >= 11 is 0. The number of benzene rings is 2. The number of nitrogens with one attached hydrogen (secondary N) is 1. The Morgan fingerprint density at radius 1 is 0.959 bits per heavy atom. The second kappa shape index (κ2) is 13.3. The van der Waals surface area contributed by atoms with Crippen molar-refractivity contribution in [3.63, 3.8) is 0 Å². The fourth-order valence-electron chi connectivity index (χ4n) is 7.35. The first-order valence-corrected chi connectivity index (χ1v) is 18.2. The van der Waals surface area contributed by atoms with Crippen molar-refractivity contribution in [2.24, 2.45) is 0 Å². The molecule has 13 heteroatoms. The highest BCUT2D eigenvalue weighted by molar-refractivity contribution is 7.87. The summed E-state index contributed by atoms with van der Waals surface area (Å²) in [6.07, 6.45) is 11.0. The molecule has 2 aliphatic heterocycles. The number of anilines is 1. The van der Waals surface area contributed by atoms with Gasteiger partial charge in [0.25, 0.3) is 11.8 Å². The summed E-state index contributed by atoms with van der Waals surface area (Å²) in [6, 6.07) is 13.2. The highest BCUT2D eigenvalue weighted by atomic mass is 32.2. The quantitative estimate of drug-likeness (QED) is 0.303. The topological polar surface area (TPSA) is 130 Å². The van der Waals surface area contributed by atoms with Crippen molar-refractivity contribution in [2.75, 3.05) is 52.3 Å². The van der Waals surface area contributed by atoms with Crippen molar-refractivity contribution in [2.45, 2.75) is 44.6 Å². The predicted octanol–water partition coefficient (Wildman–Crippen LogP) is 4.44. The van der Waals surface area contributed by atoms with Crippen molar-refractivity contribution in [1.29, 1.82) is 0 Å². The van der Waals surface area contributed by atoms with Crippen molar-refractivity contribution in [3.05, 3.63) is 77.1 Å². The third kappa shape index (κ3) is 6.28. The summed E-state index contributed by atoms with van der Waals surface area (Å²) in [4.78, 5) is 40.4. The second-order valence-electron chi connectivity index (χ2n) is 13.1. The molecular weight excluding hydrogens is 643 g/mol. The van der Waals surface area contributed by atoms with Crippen LogP contribution in [0, 0.1) is 0 Å². The minimum atomic E-state index is -3.99. The van der Waals surface area contributed by atoms with E-state index in [1.54, 1.807) is 37.7 Å². The van der Waals surface area contributed by atoms with Crippen molar-refractivity contribution in [1.82, 2.24) is 28.5 Å². The molecule has 1 saturated carbocycles. The molecule has 0 unspecified atom stereocenters. The number of rotatable bonds is 7. The smallest absolute Gasteiger partial charge is 0.303 e. The number of amides is 2. The molecule has 0 bridgehead atoms. The molecule has 4 heterocycles. The number of hydrogen-bond acceptors (Lipinski definition) is 8. The van der Waals surface area contributed by atoms with Crippen LogP contribution in [0.4, 0.5) is 5.95 Å². The zero-order valence-corrected chi connectivity index (χ0v) is 28.9. The van der Waals surface area contributed by atoms with Crippen LogP contribution in [-0.4, -0.2) is 91.4 Å². The van der Waals surface area contributed by atoms with Gasteiger partial charge in [0, 0.05) is 80.3 Å². The molecule has 1 N–H and O–H groups in total. The Hall–Kier alpha value is -4.75. The Bertz CT molecular complexity index is 2040. The van der Waals surface area contributed by atoms with Gasteiger partial charge in [0.05, 0.1) is 19.3 Å². The first-order chi connectivity index (χ1) is 23.6. The summed E-state index contributed by atoms with van der Waals surface area (Å²) in [5.41, 5.74) is 5.77. The van der Waals surface area contributed by atoms with Gasteiger partial charge in [0.15, 0.2) is 0 Å². The molecule has 0 spiro atoms. The number of fused-ring (bicyclic) bond motifs is 5. The largest absolute Gasteiger partial charge is 0.497 e. The molecular formula is C36H41N7O5S. The molecule has 1 aliphatic carbocycles. The fraction of sp³-hybridized carbons (Fsp3) is 0.389. The highest BCUT2D eigenvalue weighted by Crippen LogP contribution is 2.47. The zero-order chi connectivity index (χ0) is 34.3. The lowest BCUT2D eigenvalue weighted by Gasteiger charge is -2.35. The molecule has 2 fully saturated rings. The average Bonchev–Trinajstić information content (AvgIpc) is 3.34. The molecule has 2 aromatic carbocycles. The fourth-order valence-corrected chi connectivity index (χ4v) is 7.88. The lowest BCUT2D eigenvalue weighted by molar-refractivity contribution is -0.127. The molecule has 7 rings (SSSR count). The van der Waals surface area contributed by atoms with E-state index in [-0.39, 0.29) is 18.0 Å². The summed E-state index contributed by atoms with van der Waals surface area (Å²) in [6.45, 7) is 2.57. The number of methoxy groups -OCH3 is 1. The monoisotopic (exact) mass is 683 g/mol. The summed E-state index contributed by atoms with van der Waals surface area (Å²) in [5, 5.41) is 1.01. The van der Waals surface area contributed by atoms with Gasteiger partial charge in [-0.2, -0.15) is 12.7 Å². The molecule has 0 atom stereocenters. The van der Waals surface area contributed by atoms with E-state index in [1.807, 2.05) is 29.2 Å². The maximum absolute atomic E-state index is 14.4. The molecule has 4 aromatic rings. The van der Waals surface area contributed by atoms with Crippen LogP contribution in [-0.2, 0) is 21.5 Å². The lowest BCUT2D eigenvalue weighted by Crippen LogP contribution is -2.49. The molecule has 0 radical (unpaired) electrons. The van der Waals surface area contributed by atoms with Crippen LogP contribution < -0.4 is 14.4 Å². The van der Waals surface area contributed by atoms with Gasteiger partial charge in [-0.1, -0.05) is 25.3 Å². The minimum absolute atomic E-state index is 0.0534. The predicted molar refractivity (Wildman–Crippen MR) is 189 cm³/mol. The standard InChI is InChI=1S/C36H41N7O5S/c1-40(2)49(46,47)39-34(44)25-10-12-30-31(22-25)43-23-27(35(45)41-16-18-42(19-17-41)36-37-14-7-15-38-36)20-26-21-28(48-3)11-13-29(26)33(43)32(30)24-8-5-4-6-9-24/h7,10-15,20-22,24H,4-6,8-9,16-19,23H2,1-3H3,(H,39,44). The Labute approximate surface area is 286 Å². The average molecular weight is 684 g/mol. The SMILES string of the molecule is COc1ccc2c(c1)C=C(C(=O)N1CCN(c3ncccn3)CC1)Cn1c-2c(C2CCCCC2)c2ccc(C(=O)NS(=O)(=O)N(C)C)cc21. The van der Waals surface area contributed by atoms with Gasteiger partial charge in [0.1, 0.15) is 5.75 Å². The number of hydrogen-bond donors (Lipinski definition) is 1. The van der Waals surface area contributed by atoms with E-state index in [0.29, 0.717) is 49.4 Å². The van der Waals surface area contributed by atoms with Gasteiger partial charge >= 0.3 is 10.2 Å². The molecule has 12 nitrogen and oxygen atoms in total. The normalized spacial score (nSPS) is 16.9. The molecule has 256 valence electrons. The summed E-state index contributed by atoms with van der Waals surface area (Å²) in [7, 11) is 0.386. The number of piperazine rings is 1. The van der Waals surface area contributed by atoms with Crippen LogP contribution in [0.2, 0.25) is 0 Å². The van der Waals surface area contributed by atoms with E-state index in [9.17, 15) is 18.0 Å². The minimum Gasteiger partial charge on any atom is -0.497 e. The van der Waals surface area contributed by atoms with Crippen LogP contribution >= 0.6 is 0 Å². The Balaban J connectivity index is 1.33. The molecule has 2 amide bonds. The van der Waals surface area contributed by atoms with E-state index in [4.69, 9.17) is 4.74 Å². The highest BCUT2D eigenvalue weighted by Gasteiger charge is 2.32. The van der Waals surface area contributed by atoms with E-state index < -0.39 is 16.1 Å². The number of carbonyl (C=O) groups is 2. The lowest BCUT2D eigenvalue weighted by atomic mass is 9.81. The van der Waals surface area contributed by atoms with Gasteiger partial charge in [-0.15, -0.1) is 0 Å². The van der Waals surface area contributed by atoms with Crippen LogP contribution in [0.1, 0.15) is 59.5 Å². The third-order valence-corrected chi connectivity index (χ3v) is 11.3. The summed E-state index contributed by atoms with van der Waals surface area (Å²) in [5.74, 6) is 0.893. The zero-order valence-electron chi connectivity index (χ0n) is 28.1. The first-order valence-electron chi connectivity index (χ1n) is 16.8. The Morgan fingerprint density at radius 3 is 2.39 bits per heavy atom. The van der Waals surface area contributed by atoms with Crippen molar-refractivity contribution in [3.8, 4) is 17.0 Å². The van der Waals surface area contributed by atoms with Crippen LogP contribution in [0.15, 0.2) is 60.4 Å². The second-order valence-corrected chi connectivity index (χ2v) is 15.0. The number of nitrogens with zero attached hydrogens (tertiary/aromatic N) is 6. The number of carbonyl (C=O) groups excluding carboxylic acids is 2. The van der Waals surface area contributed by atoms with Gasteiger partial charge in [-0.05, 0) is 72.4 Å². The van der Waals surface area contributed by atoms with Crippen LogP contribution in [0.25, 0.3) is 28.2 Å². The van der Waals surface area contributed by atoms with Gasteiger partial charge in [0.2, 0.25) is 5.95 Å². The molecule has 1 saturated heterocycles. The maximum atomic E-state index is 14.4. The van der Waals surface area contributed by atoms with Crippen molar-refractivity contribution >= 4 is 45.0 Å². The van der Waals surface area contributed by atoms with Gasteiger partial charge < -0.3 is 19.1 Å². The van der Waals surface area contributed by atoms with Gasteiger partial charge in [-0.25, -0.2) is 14.7 Å². The third-order valence-electron chi connectivity index (χ3n) is 9.93. The van der Waals surface area contributed by atoms with Crippen LogP contribution in [0.3, 0.4) is 0 Å². The van der Waals surface area contributed by atoms with E-state index >= 15 is 0 Å². The van der Waals surface area contributed by atoms with E-state index in [0.717, 1.165) is 57.7 Å². The van der Waals surface area contributed by atoms with E-state index in [2.05, 4.69) is 30.2 Å². The molecule has 3 aliphatic rings. The number of ether oxygens (including phenoxy) is 1. The number of aromatic nitrogens is 3.